The Morgan fingerprint density at radius 3 is 2.58 bits per heavy atom. The van der Waals surface area contributed by atoms with Gasteiger partial charge >= 0.3 is 0 Å². The Hall–Kier alpha value is -2.88. The minimum atomic E-state index is -0.287. The van der Waals surface area contributed by atoms with Crippen molar-refractivity contribution in [1.29, 1.82) is 0 Å². The molecule has 0 aliphatic carbocycles. The summed E-state index contributed by atoms with van der Waals surface area (Å²) in [5.41, 5.74) is 3.18. The molecule has 0 aliphatic rings. The Bertz CT molecular complexity index is 867. The molecule has 0 unspecified atom stereocenters. The van der Waals surface area contributed by atoms with E-state index in [-0.39, 0.29) is 11.9 Å². The van der Waals surface area contributed by atoms with E-state index in [1.54, 1.807) is 11.1 Å². The van der Waals surface area contributed by atoms with Gasteiger partial charge in [-0.25, -0.2) is 9.13 Å². The van der Waals surface area contributed by atoms with Crippen molar-refractivity contribution in [3.63, 3.8) is 0 Å². The highest BCUT2D eigenvalue weighted by Crippen LogP contribution is 2.15. The van der Waals surface area contributed by atoms with Crippen LogP contribution in [0.1, 0.15) is 18.5 Å². The number of hydrogen-bond acceptors (Lipinski definition) is 1. The molecule has 24 heavy (non-hydrogen) atoms. The van der Waals surface area contributed by atoms with Crippen molar-refractivity contribution < 1.29 is 9.36 Å². The van der Waals surface area contributed by atoms with E-state index in [1.165, 1.54) is 0 Å². The largest absolute Gasteiger partial charge is 0.338 e. The van der Waals surface area contributed by atoms with E-state index in [4.69, 9.17) is 0 Å². The fraction of sp³-hybridized carbons (Fsp3) is 0.200. The van der Waals surface area contributed by atoms with E-state index >= 15 is 0 Å². The lowest BCUT2D eigenvalue weighted by atomic mass is 10.2. The summed E-state index contributed by atoms with van der Waals surface area (Å²) in [4.78, 5) is 14.6. The zero-order valence-electron chi connectivity index (χ0n) is 14.1. The van der Waals surface area contributed by atoms with Crippen molar-refractivity contribution in [2.45, 2.75) is 19.5 Å². The molecule has 3 rings (SSSR count). The maximum absolute atomic E-state index is 12.9. The van der Waals surface area contributed by atoms with Crippen LogP contribution in [0.15, 0.2) is 67.5 Å². The molecule has 0 N–H and O–H groups in total. The Morgan fingerprint density at radius 2 is 1.88 bits per heavy atom. The van der Waals surface area contributed by atoms with Crippen LogP contribution in [0.4, 0.5) is 0 Å². The molecule has 1 amide bonds. The summed E-state index contributed by atoms with van der Waals surface area (Å²) < 4.78 is 3.94. The number of carbonyl (C=O) groups excluding carboxylic acids is 1. The van der Waals surface area contributed by atoms with Crippen LogP contribution in [0.3, 0.4) is 0 Å². The van der Waals surface area contributed by atoms with E-state index < -0.39 is 0 Å². The van der Waals surface area contributed by atoms with Gasteiger partial charge in [-0.2, -0.15) is 0 Å². The molecule has 0 saturated carbocycles. The zero-order chi connectivity index (χ0) is 17.1. The third kappa shape index (κ3) is 2.95. The standard InChI is InChI=1S/C20H22N3O/c1-4-22-15-23(19-13-9-8-12-18(19)22)16(2)20(24)21(3)14-17-10-6-5-7-11-17/h4-13,15-16H,1,14H2,2-3H3/q+1/t16-/m0/s1. The summed E-state index contributed by atoms with van der Waals surface area (Å²) in [5, 5.41) is 0. The lowest BCUT2D eigenvalue weighted by Gasteiger charge is -2.20. The summed E-state index contributed by atoms with van der Waals surface area (Å²) >= 11 is 0. The van der Waals surface area contributed by atoms with E-state index in [2.05, 4.69) is 6.58 Å². The van der Waals surface area contributed by atoms with Crippen molar-refractivity contribution in [3.05, 3.63) is 73.1 Å². The van der Waals surface area contributed by atoms with Crippen LogP contribution in [-0.4, -0.2) is 22.4 Å². The number of fused-ring (bicyclic) bond motifs is 1. The second-order valence-corrected chi connectivity index (χ2v) is 5.96. The molecular formula is C20H22N3O+. The molecule has 4 nitrogen and oxygen atoms in total. The Balaban J connectivity index is 1.87. The average Bonchev–Trinajstić information content (AvgIpc) is 3.00. The van der Waals surface area contributed by atoms with Crippen molar-refractivity contribution in [2.24, 2.45) is 0 Å². The molecule has 3 aromatic rings. The highest BCUT2D eigenvalue weighted by Gasteiger charge is 2.26. The predicted molar refractivity (Wildman–Crippen MR) is 96.1 cm³/mol. The van der Waals surface area contributed by atoms with Gasteiger partial charge in [0.15, 0.2) is 17.1 Å². The molecule has 0 spiro atoms. The monoisotopic (exact) mass is 320 g/mol. The number of aromatic nitrogens is 2. The molecule has 0 radical (unpaired) electrons. The maximum atomic E-state index is 12.9. The van der Waals surface area contributed by atoms with Crippen LogP contribution in [0, 0.1) is 0 Å². The Labute approximate surface area is 142 Å². The predicted octanol–water partition coefficient (Wildman–Crippen LogP) is 3.25. The van der Waals surface area contributed by atoms with Crippen molar-refractivity contribution in [2.75, 3.05) is 7.05 Å². The summed E-state index contributed by atoms with van der Waals surface area (Å²) in [7, 11) is 1.85. The quantitative estimate of drug-likeness (QED) is 0.664. The van der Waals surface area contributed by atoms with Crippen LogP contribution in [0.5, 0.6) is 0 Å². The van der Waals surface area contributed by atoms with Crippen LogP contribution in [0.25, 0.3) is 17.2 Å². The van der Waals surface area contributed by atoms with Crippen molar-refractivity contribution in [1.82, 2.24) is 9.47 Å². The van der Waals surface area contributed by atoms with Gasteiger partial charge < -0.3 is 4.90 Å². The van der Waals surface area contributed by atoms with E-state index in [1.807, 2.05) is 84.0 Å². The number of amides is 1. The fourth-order valence-electron chi connectivity index (χ4n) is 2.99. The highest BCUT2D eigenvalue weighted by atomic mass is 16.2. The third-order valence-electron chi connectivity index (χ3n) is 4.30. The number of likely N-dealkylation sites (N-methyl/N-ethyl adjacent to an activating group) is 1. The van der Waals surface area contributed by atoms with Gasteiger partial charge in [-0.1, -0.05) is 49.0 Å². The minimum absolute atomic E-state index is 0.0795. The van der Waals surface area contributed by atoms with Crippen LogP contribution >= 0.6 is 0 Å². The molecule has 2 aromatic carbocycles. The van der Waals surface area contributed by atoms with Gasteiger partial charge in [-0.3, -0.25) is 4.79 Å². The first-order chi connectivity index (χ1) is 11.6. The zero-order valence-corrected chi connectivity index (χ0v) is 14.1. The fourth-order valence-corrected chi connectivity index (χ4v) is 2.99. The van der Waals surface area contributed by atoms with Gasteiger partial charge in [-0.05, 0) is 24.6 Å². The molecule has 1 heterocycles. The lowest BCUT2D eigenvalue weighted by Crippen LogP contribution is -2.46. The number of nitrogens with zero attached hydrogens (tertiary/aromatic N) is 3. The summed E-state index contributed by atoms with van der Waals surface area (Å²) in [5.74, 6) is 0.0795. The van der Waals surface area contributed by atoms with Gasteiger partial charge in [0.25, 0.3) is 5.91 Å². The second-order valence-electron chi connectivity index (χ2n) is 5.96. The number of hydrogen-bond donors (Lipinski definition) is 0. The minimum Gasteiger partial charge on any atom is -0.338 e. The third-order valence-corrected chi connectivity index (χ3v) is 4.30. The molecule has 1 aromatic heterocycles. The first-order valence-electron chi connectivity index (χ1n) is 8.04. The number of para-hydroxylation sites is 2. The van der Waals surface area contributed by atoms with Gasteiger partial charge in [0.1, 0.15) is 0 Å². The van der Waals surface area contributed by atoms with E-state index in [0.717, 1.165) is 16.6 Å². The Morgan fingerprint density at radius 1 is 1.21 bits per heavy atom. The van der Waals surface area contributed by atoms with Gasteiger partial charge in [0, 0.05) is 13.6 Å². The molecule has 0 fully saturated rings. The van der Waals surface area contributed by atoms with E-state index in [9.17, 15) is 4.79 Å². The second kappa shape index (κ2) is 6.71. The summed E-state index contributed by atoms with van der Waals surface area (Å²) in [6, 6.07) is 17.8. The van der Waals surface area contributed by atoms with Crippen LogP contribution in [-0.2, 0) is 11.3 Å². The molecule has 0 aliphatic heterocycles. The van der Waals surface area contributed by atoms with Gasteiger partial charge in [0.2, 0.25) is 6.33 Å². The van der Waals surface area contributed by atoms with Crippen molar-refractivity contribution >= 4 is 23.1 Å². The lowest BCUT2D eigenvalue weighted by molar-refractivity contribution is -0.682. The number of carbonyl (C=O) groups is 1. The number of benzene rings is 2. The molecule has 0 bridgehead atoms. The van der Waals surface area contributed by atoms with Gasteiger partial charge in [-0.15, -0.1) is 0 Å². The number of rotatable bonds is 5. The molecule has 0 saturated heterocycles. The first kappa shape index (κ1) is 16.0. The molecule has 1 atom stereocenters. The smallest absolute Gasteiger partial charge is 0.267 e. The summed E-state index contributed by atoms with van der Waals surface area (Å²) in [6.45, 7) is 6.38. The first-order valence-corrected chi connectivity index (χ1v) is 8.04. The SMILES string of the molecule is C=Cn1c[n+]([C@@H](C)C(=O)N(C)Cc2ccccc2)c2ccccc21. The van der Waals surface area contributed by atoms with Gasteiger partial charge in [0.05, 0.1) is 6.20 Å². The number of imidazole rings is 1. The van der Waals surface area contributed by atoms with Crippen molar-refractivity contribution in [3.8, 4) is 0 Å². The van der Waals surface area contributed by atoms with E-state index in [0.29, 0.717) is 6.54 Å². The van der Waals surface area contributed by atoms with Crippen LogP contribution in [0.2, 0.25) is 0 Å². The highest BCUT2D eigenvalue weighted by molar-refractivity contribution is 5.80. The average molecular weight is 320 g/mol. The normalized spacial score (nSPS) is 12.1. The molecule has 4 heteroatoms. The Kier molecular flexibility index (Phi) is 4.47. The van der Waals surface area contributed by atoms with Crippen LogP contribution < -0.4 is 4.57 Å². The maximum Gasteiger partial charge on any atom is 0.267 e. The molecular weight excluding hydrogens is 298 g/mol. The molecule has 122 valence electrons. The summed E-state index contributed by atoms with van der Waals surface area (Å²) in [6.07, 6.45) is 3.68. The topological polar surface area (TPSA) is 29.1 Å².